The number of carbonyl (C=O) groups excluding carboxylic acids is 2. The average molecular weight is 359 g/mol. The van der Waals surface area contributed by atoms with E-state index in [-0.39, 0.29) is 35.0 Å². The maximum Gasteiger partial charge on any atom is 0.237 e. The molecule has 4 aliphatic rings. The van der Waals surface area contributed by atoms with Crippen LogP contribution in [-0.4, -0.2) is 22.9 Å². The lowest BCUT2D eigenvalue weighted by Gasteiger charge is -2.54. The summed E-state index contributed by atoms with van der Waals surface area (Å²) in [5.74, 6) is -1.13. The molecule has 2 N–H and O–H groups in total. The Labute approximate surface area is 153 Å². The molecule has 4 nitrogen and oxygen atoms in total. The van der Waals surface area contributed by atoms with Gasteiger partial charge in [-0.3, -0.25) is 9.59 Å². The highest BCUT2D eigenvalue weighted by molar-refractivity contribution is 6.10. The Kier molecular flexibility index (Phi) is 3.82. The van der Waals surface area contributed by atoms with Gasteiger partial charge in [-0.2, -0.15) is 0 Å². The Hall–Kier alpha value is -1.75. The van der Waals surface area contributed by atoms with Gasteiger partial charge in [0.15, 0.2) is 5.83 Å². The van der Waals surface area contributed by atoms with Crippen molar-refractivity contribution in [2.45, 2.75) is 52.6 Å². The van der Waals surface area contributed by atoms with Crippen LogP contribution in [0.5, 0.6) is 0 Å². The van der Waals surface area contributed by atoms with Crippen LogP contribution >= 0.6 is 0 Å². The van der Waals surface area contributed by atoms with Crippen LogP contribution in [0, 0.1) is 28.6 Å². The highest BCUT2D eigenvalue weighted by Crippen LogP contribution is 2.63. The summed E-state index contributed by atoms with van der Waals surface area (Å²) in [6.45, 7) is 5.48. The minimum Gasteiger partial charge on any atom is -0.393 e. The number of rotatable bonds is 1. The Morgan fingerprint density at radius 3 is 2.69 bits per heavy atom. The van der Waals surface area contributed by atoms with Crippen molar-refractivity contribution in [3.05, 3.63) is 35.3 Å². The van der Waals surface area contributed by atoms with E-state index in [9.17, 15) is 19.1 Å². The van der Waals surface area contributed by atoms with Crippen LogP contribution in [0.3, 0.4) is 0 Å². The number of fused-ring (bicyclic) bond motifs is 5. The molecule has 0 radical (unpaired) electrons. The first kappa shape index (κ1) is 17.7. The zero-order valence-corrected chi connectivity index (χ0v) is 15.5. The standard InChI is InChI=1S/C21H26FNO3/c1-11(24)23-18-15-5-4-12-13-6-7-17(25)20(13,2)9-8-14(12)21(15,3)10-16(22)19(18)26/h4-5,10,12-14,17,25H,6-9H2,1-3H3,(H,23,24)/t12-,13-,14-,17-,20-,21+/m0/s1. The molecule has 4 rings (SSSR count). The van der Waals surface area contributed by atoms with Crippen LogP contribution in [0.2, 0.25) is 0 Å². The van der Waals surface area contributed by atoms with E-state index < -0.39 is 17.0 Å². The summed E-state index contributed by atoms with van der Waals surface area (Å²) in [5.41, 5.74) is 0.0809. The Balaban J connectivity index is 1.82. The number of allylic oxidation sites excluding steroid dienone is 5. The van der Waals surface area contributed by atoms with Crippen molar-refractivity contribution in [3.8, 4) is 0 Å². The summed E-state index contributed by atoms with van der Waals surface area (Å²) < 4.78 is 14.5. The third-order valence-corrected chi connectivity index (χ3v) is 7.56. The number of aliphatic hydroxyl groups excluding tert-OH is 1. The first-order chi connectivity index (χ1) is 12.2. The fraction of sp³-hybridized carbons (Fsp3) is 0.619. The maximum atomic E-state index is 14.5. The quantitative estimate of drug-likeness (QED) is 0.756. The van der Waals surface area contributed by atoms with Gasteiger partial charge >= 0.3 is 0 Å². The molecule has 5 heteroatoms. The number of nitrogens with one attached hydrogen (secondary N) is 1. The van der Waals surface area contributed by atoms with Crippen LogP contribution in [0.15, 0.2) is 35.3 Å². The van der Waals surface area contributed by atoms with Gasteiger partial charge in [-0.05, 0) is 60.5 Å². The number of amides is 1. The first-order valence-electron chi connectivity index (χ1n) is 9.50. The van der Waals surface area contributed by atoms with E-state index in [1.54, 1.807) is 0 Å². The summed E-state index contributed by atoms with van der Waals surface area (Å²) in [6.07, 6.45) is 8.78. The van der Waals surface area contributed by atoms with E-state index >= 15 is 0 Å². The summed E-state index contributed by atoms with van der Waals surface area (Å²) >= 11 is 0. The van der Waals surface area contributed by atoms with Crippen molar-refractivity contribution < 1.29 is 19.1 Å². The van der Waals surface area contributed by atoms with Gasteiger partial charge < -0.3 is 10.4 Å². The van der Waals surface area contributed by atoms with Crippen molar-refractivity contribution in [1.82, 2.24) is 5.32 Å². The number of carbonyl (C=O) groups is 2. The Morgan fingerprint density at radius 2 is 2.00 bits per heavy atom. The van der Waals surface area contributed by atoms with Gasteiger partial charge in [-0.1, -0.05) is 26.0 Å². The van der Waals surface area contributed by atoms with E-state index in [1.165, 1.54) is 13.0 Å². The van der Waals surface area contributed by atoms with Crippen molar-refractivity contribution in [3.63, 3.8) is 0 Å². The van der Waals surface area contributed by atoms with Crippen molar-refractivity contribution in [1.29, 1.82) is 0 Å². The topological polar surface area (TPSA) is 66.4 Å². The SMILES string of the molecule is CC(=O)NC1=C2C=C[C@H]3[C@@H]4CC[C@H](O)[C@@]4(C)CC[C@@H]3[C@@]2(C)C=C(F)C1=O. The van der Waals surface area contributed by atoms with Gasteiger partial charge in [-0.15, -0.1) is 0 Å². The zero-order chi connectivity index (χ0) is 18.9. The largest absolute Gasteiger partial charge is 0.393 e. The van der Waals surface area contributed by atoms with Gasteiger partial charge in [0, 0.05) is 12.3 Å². The minimum absolute atomic E-state index is 0.0782. The Morgan fingerprint density at radius 1 is 1.27 bits per heavy atom. The molecule has 0 aliphatic heterocycles. The molecule has 4 aliphatic carbocycles. The van der Waals surface area contributed by atoms with Gasteiger partial charge in [-0.25, -0.2) is 4.39 Å². The van der Waals surface area contributed by atoms with Crippen molar-refractivity contribution in [2.24, 2.45) is 28.6 Å². The molecule has 0 heterocycles. The number of aliphatic hydroxyl groups is 1. The highest BCUT2D eigenvalue weighted by atomic mass is 19.1. The molecular formula is C21H26FNO3. The highest BCUT2D eigenvalue weighted by Gasteiger charge is 2.58. The van der Waals surface area contributed by atoms with Crippen LogP contribution in [0.4, 0.5) is 4.39 Å². The molecule has 2 fully saturated rings. The number of hydrogen-bond acceptors (Lipinski definition) is 3. The van der Waals surface area contributed by atoms with Crippen molar-refractivity contribution >= 4 is 11.7 Å². The van der Waals surface area contributed by atoms with E-state index in [0.29, 0.717) is 11.5 Å². The summed E-state index contributed by atoms with van der Waals surface area (Å²) in [4.78, 5) is 23.9. The smallest absolute Gasteiger partial charge is 0.237 e. The molecule has 1 amide bonds. The summed E-state index contributed by atoms with van der Waals surface area (Å²) in [5, 5.41) is 13.1. The monoisotopic (exact) mass is 359 g/mol. The van der Waals surface area contributed by atoms with E-state index in [2.05, 4.69) is 18.3 Å². The van der Waals surface area contributed by atoms with Crippen molar-refractivity contribution in [2.75, 3.05) is 0 Å². The van der Waals surface area contributed by atoms with Crippen LogP contribution in [0.25, 0.3) is 0 Å². The summed E-state index contributed by atoms with van der Waals surface area (Å²) in [7, 11) is 0. The zero-order valence-electron chi connectivity index (χ0n) is 15.5. The molecule has 0 aromatic carbocycles. The molecule has 0 aromatic rings. The third-order valence-electron chi connectivity index (χ3n) is 7.56. The molecule has 140 valence electrons. The average Bonchev–Trinajstić information content (AvgIpc) is 2.87. The second kappa shape index (κ2) is 5.62. The maximum absolute atomic E-state index is 14.5. The lowest BCUT2D eigenvalue weighted by molar-refractivity contribution is -0.121. The molecular weight excluding hydrogens is 333 g/mol. The van der Waals surface area contributed by atoms with Crippen LogP contribution in [-0.2, 0) is 9.59 Å². The number of halogens is 1. The fourth-order valence-electron chi connectivity index (χ4n) is 6.13. The predicted octanol–water partition coefficient (Wildman–Crippen LogP) is 3.19. The van der Waals surface area contributed by atoms with E-state index in [4.69, 9.17) is 0 Å². The predicted molar refractivity (Wildman–Crippen MR) is 95.3 cm³/mol. The van der Waals surface area contributed by atoms with Gasteiger partial charge in [0.25, 0.3) is 0 Å². The molecule has 0 spiro atoms. The lowest BCUT2D eigenvalue weighted by atomic mass is 9.50. The fourth-order valence-corrected chi connectivity index (χ4v) is 6.13. The minimum atomic E-state index is -0.783. The van der Waals surface area contributed by atoms with Gasteiger partial charge in [0.1, 0.15) is 0 Å². The first-order valence-corrected chi connectivity index (χ1v) is 9.50. The van der Waals surface area contributed by atoms with Crippen LogP contribution < -0.4 is 5.32 Å². The molecule has 0 saturated heterocycles. The lowest BCUT2D eigenvalue weighted by Crippen LogP contribution is -2.50. The Bertz CT molecular complexity index is 782. The number of ketones is 1. The third kappa shape index (κ3) is 2.22. The molecule has 0 bridgehead atoms. The molecule has 0 unspecified atom stereocenters. The number of hydrogen-bond donors (Lipinski definition) is 2. The van der Waals surface area contributed by atoms with Gasteiger partial charge in [0.2, 0.25) is 11.7 Å². The summed E-state index contributed by atoms with van der Waals surface area (Å²) in [6, 6.07) is 0. The second-order valence-electron chi connectivity index (χ2n) is 8.86. The number of Topliss-reactive ketones (excluding diaryl/α,β-unsaturated/α-hetero) is 1. The van der Waals surface area contributed by atoms with E-state index in [0.717, 1.165) is 25.7 Å². The normalized spacial score (nSPS) is 44.2. The second-order valence-corrected chi connectivity index (χ2v) is 8.86. The van der Waals surface area contributed by atoms with E-state index in [1.807, 2.05) is 13.0 Å². The molecule has 2 saturated carbocycles. The molecule has 6 atom stereocenters. The van der Waals surface area contributed by atoms with Gasteiger partial charge in [0.05, 0.1) is 11.8 Å². The molecule has 26 heavy (non-hydrogen) atoms. The van der Waals surface area contributed by atoms with Crippen LogP contribution in [0.1, 0.15) is 46.5 Å². The molecule has 0 aromatic heterocycles.